The number of para-hydroxylation sites is 1. The molecule has 0 amide bonds. The van der Waals surface area contributed by atoms with Crippen LogP contribution >= 0.6 is 11.8 Å². The molecule has 0 unspecified atom stereocenters. The van der Waals surface area contributed by atoms with Crippen LogP contribution in [-0.2, 0) is 17.1 Å². The molecular weight excluding hydrogens is 306 g/mol. The highest BCUT2D eigenvalue weighted by molar-refractivity contribution is 8.00. The van der Waals surface area contributed by atoms with Gasteiger partial charge in [0.1, 0.15) is 5.82 Å². The fourth-order valence-corrected chi connectivity index (χ4v) is 5.21. The Bertz CT molecular complexity index is 764. The fourth-order valence-electron chi connectivity index (χ4n) is 2.34. The third-order valence-electron chi connectivity index (χ3n) is 3.53. The first kappa shape index (κ1) is 14.5. The van der Waals surface area contributed by atoms with Gasteiger partial charge in [-0.2, -0.15) is 8.42 Å². The molecule has 1 aliphatic heterocycles. The summed E-state index contributed by atoms with van der Waals surface area (Å²) in [5, 5.41) is 0.316. The van der Waals surface area contributed by atoms with Gasteiger partial charge in [0.05, 0.1) is 5.69 Å². The number of aromatic nitrogens is 2. The smallest absolute Gasteiger partial charge is 0.283 e. The van der Waals surface area contributed by atoms with Crippen molar-refractivity contribution in [3.63, 3.8) is 0 Å². The van der Waals surface area contributed by atoms with Crippen molar-refractivity contribution in [1.82, 2.24) is 9.55 Å². The number of anilines is 1. The van der Waals surface area contributed by atoms with E-state index in [-0.39, 0.29) is 10.3 Å². The quantitative estimate of drug-likeness (QED) is 0.852. The van der Waals surface area contributed by atoms with Gasteiger partial charge < -0.3 is 4.57 Å². The van der Waals surface area contributed by atoms with Crippen molar-refractivity contribution in [3.05, 3.63) is 36.3 Å². The van der Waals surface area contributed by atoms with E-state index in [4.69, 9.17) is 0 Å². The molecule has 1 aromatic heterocycles. The Morgan fingerprint density at radius 1 is 1.33 bits per heavy atom. The van der Waals surface area contributed by atoms with Crippen LogP contribution in [-0.4, -0.2) is 29.8 Å². The van der Waals surface area contributed by atoms with Gasteiger partial charge in [-0.05, 0) is 19.1 Å². The molecule has 0 saturated heterocycles. The van der Waals surface area contributed by atoms with Crippen molar-refractivity contribution in [2.75, 3.05) is 10.8 Å². The van der Waals surface area contributed by atoms with E-state index in [1.165, 1.54) is 4.31 Å². The number of benzene rings is 1. The lowest BCUT2D eigenvalue weighted by Gasteiger charge is -2.32. The first-order valence-corrected chi connectivity index (χ1v) is 9.00. The van der Waals surface area contributed by atoms with Crippen LogP contribution in [0.25, 0.3) is 0 Å². The maximum absolute atomic E-state index is 12.9. The Morgan fingerprint density at radius 3 is 2.71 bits per heavy atom. The number of rotatable bonds is 2. The van der Waals surface area contributed by atoms with Crippen LogP contribution in [0.1, 0.15) is 12.7 Å². The maximum atomic E-state index is 12.9. The van der Waals surface area contributed by atoms with E-state index < -0.39 is 10.0 Å². The van der Waals surface area contributed by atoms with Gasteiger partial charge in [-0.3, -0.25) is 4.31 Å². The number of fused-ring (bicyclic) bond motifs is 1. The summed E-state index contributed by atoms with van der Waals surface area (Å²) in [6.07, 6.45) is 1.57. The molecule has 112 valence electrons. The Hall–Kier alpha value is -1.47. The lowest BCUT2D eigenvalue weighted by atomic mass is 10.3. The van der Waals surface area contributed by atoms with E-state index in [0.29, 0.717) is 12.4 Å². The third-order valence-corrected chi connectivity index (χ3v) is 6.33. The highest BCUT2D eigenvalue weighted by atomic mass is 32.2. The molecule has 2 heterocycles. The number of aryl methyl sites for hydroxylation is 2. The number of hydrogen-bond acceptors (Lipinski definition) is 4. The minimum absolute atomic E-state index is 0.108. The van der Waals surface area contributed by atoms with E-state index in [9.17, 15) is 8.42 Å². The summed E-state index contributed by atoms with van der Waals surface area (Å²) in [6, 6.07) is 7.60. The molecule has 0 N–H and O–H groups in total. The van der Waals surface area contributed by atoms with Gasteiger partial charge in [0.15, 0.2) is 5.03 Å². The maximum Gasteiger partial charge on any atom is 0.283 e. The molecule has 2 aromatic rings. The topological polar surface area (TPSA) is 55.2 Å². The molecule has 7 heteroatoms. The van der Waals surface area contributed by atoms with Gasteiger partial charge in [0.25, 0.3) is 10.0 Å². The van der Waals surface area contributed by atoms with Crippen molar-refractivity contribution in [2.45, 2.75) is 29.0 Å². The number of thioether (sulfide) groups is 1. The minimum Gasteiger partial charge on any atom is -0.337 e. The van der Waals surface area contributed by atoms with Crippen LogP contribution in [0.3, 0.4) is 0 Å². The number of hydrogen-bond donors (Lipinski definition) is 0. The highest BCUT2D eigenvalue weighted by Crippen LogP contribution is 2.40. The predicted octanol–water partition coefficient (Wildman–Crippen LogP) is 2.42. The molecule has 0 bridgehead atoms. The lowest BCUT2D eigenvalue weighted by Crippen LogP contribution is -2.38. The second-order valence-electron chi connectivity index (χ2n) is 5.17. The Balaban J connectivity index is 2.11. The van der Waals surface area contributed by atoms with Crippen molar-refractivity contribution in [2.24, 2.45) is 7.05 Å². The predicted molar refractivity (Wildman–Crippen MR) is 84.2 cm³/mol. The molecule has 5 nitrogen and oxygen atoms in total. The standard InChI is InChI=1S/C14H17N3O2S2/c1-10-8-17(12-6-4-5-7-13(12)20-10)21(18,19)14-9-16(3)11(2)15-14/h4-7,9-10H,8H2,1-3H3/t10-/m0/s1. The van der Waals surface area contributed by atoms with Gasteiger partial charge in [-0.25, -0.2) is 4.98 Å². The van der Waals surface area contributed by atoms with Crippen molar-refractivity contribution >= 4 is 27.5 Å². The largest absolute Gasteiger partial charge is 0.337 e. The highest BCUT2D eigenvalue weighted by Gasteiger charge is 2.33. The van der Waals surface area contributed by atoms with E-state index >= 15 is 0 Å². The molecule has 0 aliphatic carbocycles. The van der Waals surface area contributed by atoms with Crippen molar-refractivity contribution < 1.29 is 8.42 Å². The number of nitrogens with zero attached hydrogens (tertiary/aromatic N) is 3. The third kappa shape index (κ3) is 2.44. The molecule has 0 spiro atoms. The second-order valence-corrected chi connectivity index (χ2v) is 8.46. The Labute approximate surface area is 129 Å². The summed E-state index contributed by atoms with van der Waals surface area (Å²) in [6.45, 7) is 4.29. The number of sulfonamides is 1. The van der Waals surface area contributed by atoms with Crippen molar-refractivity contribution in [1.29, 1.82) is 0 Å². The van der Waals surface area contributed by atoms with Crippen LogP contribution in [0, 0.1) is 6.92 Å². The van der Waals surface area contributed by atoms with Crippen molar-refractivity contribution in [3.8, 4) is 0 Å². The van der Waals surface area contributed by atoms with Crippen LogP contribution in [0.4, 0.5) is 5.69 Å². The molecular formula is C14H17N3O2S2. The van der Waals surface area contributed by atoms with Crippen LogP contribution in [0.15, 0.2) is 40.4 Å². The van der Waals surface area contributed by atoms with E-state index in [1.54, 1.807) is 36.5 Å². The average Bonchev–Trinajstić information content (AvgIpc) is 2.78. The van der Waals surface area contributed by atoms with Crippen LogP contribution < -0.4 is 4.31 Å². The summed E-state index contributed by atoms with van der Waals surface area (Å²) in [7, 11) is -1.83. The Morgan fingerprint density at radius 2 is 2.05 bits per heavy atom. The molecule has 21 heavy (non-hydrogen) atoms. The van der Waals surface area contributed by atoms with E-state index in [2.05, 4.69) is 4.98 Å². The summed E-state index contributed by atoms with van der Waals surface area (Å²) >= 11 is 1.70. The Kier molecular flexibility index (Phi) is 3.49. The second kappa shape index (κ2) is 5.06. The van der Waals surface area contributed by atoms with Crippen LogP contribution in [0.5, 0.6) is 0 Å². The first-order chi connectivity index (χ1) is 9.89. The van der Waals surface area contributed by atoms with E-state index in [1.807, 2.05) is 31.2 Å². The molecule has 1 atom stereocenters. The van der Waals surface area contributed by atoms with Crippen LogP contribution in [0.2, 0.25) is 0 Å². The fraction of sp³-hybridized carbons (Fsp3) is 0.357. The monoisotopic (exact) mass is 323 g/mol. The molecule has 0 radical (unpaired) electrons. The summed E-state index contributed by atoms with van der Waals surface area (Å²) in [4.78, 5) is 5.17. The van der Waals surface area contributed by atoms with Gasteiger partial charge >= 0.3 is 0 Å². The average molecular weight is 323 g/mol. The molecule has 0 saturated carbocycles. The normalized spacial score (nSPS) is 18.6. The lowest BCUT2D eigenvalue weighted by molar-refractivity contribution is 0.586. The van der Waals surface area contributed by atoms with E-state index in [0.717, 1.165) is 10.6 Å². The first-order valence-electron chi connectivity index (χ1n) is 6.68. The van der Waals surface area contributed by atoms with Gasteiger partial charge in [-0.15, -0.1) is 11.8 Å². The number of imidazole rings is 1. The van der Waals surface area contributed by atoms with Gasteiger partial charge in [0.2, 0.25) is 0 Å². The summed E-state index contributed by atoms with van der Waals surface area (Å²) < 4.78 is 29.0. The zero-order chi connectivity index (χ0) is 15.2. The minimum atomic E-state index is -3.62. The zero-order valence-corrected chi connectivity index (χ0v) is 13.8. The molecule has 1 aromatic carbocycles. The van der Waals surface area contributed by atoms with Gasteiger partial charge in [-0.1, -0.05) is 19.1 Å². The SMILES string of the molecule is Cc1nc(S(=O)(=O)N2C[C@H](C)Sc3ccccc32)cn1C. The molecule has 3 rings (SSSR count). The van der Waals surface area contributed by atoms with Gasteiger partial charge in [0, 0.05) is 29.9 Å². The summed E-state index contributed by atoms with van der Waals surface area (Å²) in [5.41, 5.74) is 0.740. The molecule has 1 aliphatic rings. The summed E-state index contributed by atoms with van der Waals surface area (Å²) in [5.74, 6) is 0.682. The molecule has 0 fully saturated rings. The zero-order valence-electron chi connectivity index (χ0n) is 12.1.